The smallest absolute Gasteiger partial charge is 0.348 e. The van der Waals surface area contributed by atoms with Crippen LogP contribution in [0, 0.1) is 11.2 Å². The Balaban J connectivity index is 1.86. The number of nitrogen functional groups attached to an aromatic ring is 1. The summed E-state index contributed by atoms with van der Waals surface area (Å²) in [5.74, 6) is -0.901. The number of rotatable bonds is 9. The number of carbonyl (C=O) groups excluding carboxylic acids is 1. The average molecular weight is 521 g/mol. The van der Waals surface area contributed by atoms with Crippen molar-refractivity contribution >= 4 is 17.5 Å². The number of esters is 1. The molecular weight excluding hydrogens is 495 g/mol. The molecule has 0 spiro atoms. The van der Waals surface area contributed by atoms with Crippen LogP contribution in [0.15, 0.2) is 65.5 Å². The van der Waals surface area contributed by atoms with Crippen LogP contribution in [0.5, 0.6) is 11.5 Å². The van der Waals surface area contributed by atoms with Crippen LogP contribution < -0.4 is 26.2 Å². The van der Waals surface area contributed by atoms with Crippen molar-refractivity contribution in [2.45, 2.75) is 6.04 Å². The van der Waals surface area contributed by atoms with E-state index in [0.29, 0.717) is 11.3 Å². The summed E-state index contributed by atoms with van der Waals surface area (Å²) < 4.78 is 31.8. The summed E-state index contributed by atoms with van der Waals surface area (Å²) in [6.45, 7) is 0. The van der Waals surface area contributed by atoms with Crippen molar-refractivity contribution in [2.75, 3.05) is 26.6 Å². The van der Waals surface area contributed by atoms with E-state index in [2.05, 4.69) is 15.4 Å². The summed E-state index contributed by atoms with van der Waals surface area (Å²) in [4.78, 5) is 28.0. The van der Waals surface area contributed by atoms with Crippen LogP contribution in [-0.2, 0) is 4.74 Å². The first-order valence-corrected chi connectivity index (χ1v) is 11.3. The van der Waals surface area contributed by atoms with Crippen molar-refractivity contribution in [2.24, 2.45) is 5.73 Å². The Morgan fingerprint density at radius 3 is 2.37 bits per heavy atom. The largest absolute Gasteiger partial charge is 0.493 e. The summed E-state index contributed by atoms with van der Waals surface area (Å²) in [5, 5.41) is 15.2. The van der Waals surface area contributed by atoms with Crippen molar-refractivity contribution in [3.05, 3.63) is 99.5 Å². The number of nitrogens with zero attached hydrogens (tertiary/aromatic N) is 2. The molecule has 4 aromatic rings. The third kappa shape index (κ3) is 5.05. The van der Waals surface area contributed by atoms with E-state index in [1.807, 2.05) is 0 Å². The molecule has 11 nitrogen and oxygen atoms in total. The number of benzene rings is 3. The first-order chi connectivity index (χ1) is 18.3. The number of aromatic amines is 1. The number of hydrogen-bond acceptors (Lipinski definition) is 8. The van der Waals surface area contributed by atoms with E-state index >= 15 is 4.39 Å². The van der Waals surface area contributed by atoms with Crippen LogP contribution in [-0.4, -0.2) is 47.9 Å². The van der Waals surface area contributed by atoms with E-state index < -0.39 is 23.5 Å². The van der Waals surface area contributed by atoms with E-state index in [-0.39, 0.29) is 40.0 Å². The van der Waals surface area contributed by atoms with Gasteiger partial charge in [0.2, 0.25) is 0 Å². The van der Waals surface area contributed by atoms with Crippen molar-refractivity contribution in [3.63, 3.8) is 0 Å². The summed E-state index contributed by atoms with van der Waals surface area (Å²) in [6.07, 6.45) is 0. The molecule has 1 heterocycles. The van der Waals surface area contributed by atoms with E-state index in [9.17, 15) is 9.59 Å². The number of aromatic nitrogens is 3. The van der Waals surface area contributed by atoms with Gasteiger partial charge in [0.15, 0.2) is 17.3 Å². The molecular formula is C26H25FN6O5. The molecule has 4 rings (SSSR count). The molecule has 3 aromatic carbocycles. The maximum atomic E-state index is 15.4. The summed E-state index contributed by atoms with van der Waals surface area (Å²) >= 11 is 0. The normalized spacial score (nSPS) is 11.5. The first kappa shape index (κ1) is 25.9. The molecule has 0 saturated carbocycles. The number of para-hydroxylation sites is 1. The molecule has 0 fully saturated rings. The lowest BCUT2D eigenvalue weighted by Crippen LogP contribution is -2.19. The Bertz CT molecular complexity index is 1550. The minimum Gasteiger partial charge on any atom is -0.493 e. The number of carbonyl (C=O) groups is 1. The zero-order chi connectivity index (χ0) is 27.4. The zero-order valence-electron chi connectivity index (χ0n) is 20.7. The number of halogens is 1. The van der Waals surface area contributed by atoms with Crippen LogP contribution in [0.4, 0.5) is 10.1 Å². The molecule has 0 unspecified atom stereocenters. The zero-order valence-corrected chi connectivity index (χ0v) is 20.7. The molecule has 0 bridgehead atoms. The Morgan fingerprint density at radius 1 is 1.08 bits per heavy atom. The first-order valence-electron chi connectivity index (χ1n) is 11.3. The summed E-state index contributed by atoms with van der Waals surface area (Å²) in [6, 6.07) is 14.5. The van der Waals surface area contributed by atoms with E-state index in [1.165, 1.54) is 45.6 Å². The van der Waals surface area contributed by atoms with Gasteiger partial charge in [-0.2, -0.15) is 4.68 Å². The number of amidine groups is 1. The Morgan fingerprint density at radius 2 is 1.74 bits per heavy atom. The molecule has 0 aliphatic carbocycles. The highest BCUT2D eigenvalue weighted by Gasteiger charge is 2.26. The fourth-order valence-electron chi connectivity index (χ4n) is 3.87. The van der Waals surface area contributed by atoms with Crippen LogP contribution in [0.3, 0.4) is 0 Å². The number of methoxy groups -OCH3 is 3. The number of anilines is 1. The number of hydrogen-bond donors (Lipinski definition) is 4. The molecule has 1 atom stereocenters. The lowest BCUT2D eigenvalue weighted by molar-refractivity contribution is 0.0600. The molecule has 196 valence electrons. The second-order valence-corrected chi connectivity index (χ2v) is 8.03. The van der Waals surface area contributed by atoms with Gasteiger partial charge in [-0.3, -0.25) is 10.4 Å². The SMILES string of the molecule is COC(=O)c1ccccc1-n1nc([C@@H](Nc2ccc(C(=N)N)cc2)c2cc(OC)c(OC)cc2F)[nH]c1=O. The third-order valence-electron chi connectivity index (χ3n) is 5.77. The molecule has 5 N–H and O–H groups in total. The second-order valence-electron chi connectivity index (χ2n) is 8.03. The fraction of sp³-hybridized carbons (Fsp3) is 0.154. The quantitative estimate of drug-likeness (QED) is 0.149. The number of nitrogens with one attached hydrogen (secondary N) is 3. The van der Waals surface area contributed by atoms with Gasteiger partial charge in [0.1, 0.15) is 17.7 Å². The van der Waals surface area contributed by atoms with Gasteiger partial charge in [-0.05, 0) is 42.5 Å². The third-order valence-corrected chi connectivity index (χ3v) is 5.77. The minimum absolute atomic E-state index is 0.0523. The summed E-state index contributed by atoms with van der Waals surface area (Å²) in [7, 11) is 4.04. The maximum absolute atomic E-state index is 15.4. The molecule has 0 aliphatic rings. The topological polar surface area (TPSA) is 157 Å². The highest BCUT2D eigenvalue weighted by Crippen LogP contribution is 2.35. The number of H-pyrrole nitrogens is 1. The Kier molecular flexibility index (Phi) is 7.42. The summed E-state index contributed by atoms with van der Waals surface area (Å²) in [5.41, 5.74) is 6.32. The number of nitrogens with two attached hydrogens (primary N) is 1. The molecule has 1 aromatic heterocycles. The van der Waals surface area contributed by atoms with Gasteiger partial charge < -0.3 is 25.3 Å². The molecule has 0 radical (unpaired) electrons. The van der Waals surface area contributed by atoms with Gasteiger partial charge in [-0.1, -0.05) is 12.1 Å². The molecule has 12 heteroatoms. The van der Waals surface area contributed by atoms with Crippen molar-refractivity contribution in [1.29, 1.82) is 5.41 Å². The fourth-order valence-corrected chi connectivity index (χ4v) is 3.87. The molecule has 0 aliphatic heterocycles. The van der Waals surface area contributed by atoms with E-state index in [1.54, 1.807) is 36.4 Å². The van der Waals surface area contributed by atoms with E-state index in [0.717, 1.165) is 4.68 Å². The van der Waals surface area contributed by atoms with Gasteiger partial charge in [0.25, 0.3) is 0 Å². The minimum atomic E-state index is -1.02. The standard InChI is InChI=1S/C26H25FN6O5/c1-36-20-12-17(18(27)13-21(20)37-2)22(30-15-10-8-14(9-11-15)23(28)29)24-31-26(35)33(32-24)19-7-5-4-6-16(19)25(34)38-3/h4-13,22,30H,1-3H3,(H3,28,29)(H,31,32,35)/t22-/m0/s1. The van der Waals surface area contributed by atoms with E-state index in [4.69, 9.17) is 25.4 Å². The lowest BCUT2D eigenvalue weighted by atomic mass is 10.0. The van der Waals surface area contributed by atoms with Gasteiger partial charge in [-0.15, -0.1) is 5.10 Å². The van der Waals surface area contributed by atoms with Gasteiger partial charge in [0, 0.05) is 22.9 Å². The number of ether oxygens (including phenoxy) is 3. The average Bonchev–Trinajstić information content (AvgIpc) is 3.32. The maximum Gasteiger partial charge on any atom is 0.348 e. The molecule has 38 heavy (non-hydrogen) atoms. The Hall–Kier alpha value is -5.13. The molecule has 0 saturated heterocycles. The Labute approximate surface area is 216 Å². The second kappa shape index (κ2) is 10.9. The lowest BCUT2D eigenvalue weighted by Gasteiger charge is -2.20. The van der Waals surface area contributed by atoms with Crippen molar-refractivity contribution < 1.29 is 23.4 Å². The highest BCUT2D eigenvalue weighted by molar-refractivity contribution is 5.95. The highest BCUT2D eigenvalue weighted by atomic mass is 19.1. The van der Waals surface area contributed by atoms with Crippen LogP contribution in [0.1, 0.15) is 33.4 Å². The van der Waals surface area contributed by atoms with Crippen molar-refractivity contribution in [3.8, 4) is 17.2 Å². The van der Waals surface area contributed by atoms with Crippen LogP contribution in [0.25, 0.3) is 5.69 Å². The van der Waals surface area contributed by atoms with Crippen molar-refractivity contribution in [1.82, 2.24) is 14.8 Å². The van der Waals surface area contributed by atoms with Crippen LogP contribution >= 0.6 is 0 Å². The predicted molar refractivity (Wildman–Crippen MR) is 138 cm³/mol. The predicted octanol–water partition coefficient (Wildman–Crippen LogP) is 2.99. The van der Waals surface area contributed by atoms with Gasteiger partial charge in [0.05, 0.1) is 32.6 Å². The van der Waals surface area contributed by atoms with Crippen LogP contribution in [0.2, 0.25) is 0 Å². The monoisotopic (exact) mass is 520 g/mol. The molecule has 0 amide bonds. The van der Waals surface area contributed by atoms with Gasteiger partial charge >= 0.3 is 11.7 Å². The van der Waals surface area contributed by atoms with Gasteiger partial charge in [-0.25, -0.2) is 14.0 Å².